The molecule has 0 saturated heterocycles. The van der Waals surface area contributed by atoms with Crippen LogP contribution in [0.5, 0.6) is 0 Å². The predicted octanol–water partition coefficient (Wildman–Crippen LogP) is 3.42. The summed E-state index contributed by atoms with van der Waals surface area (Å²) in [5, 5.41) is 13.1. The number of benzene rings is 1. The van der Waals surface area contributed by atoms with Crippen molar-refractivity contribution in [2.24, 2.45) is 7.05 Å². The smallest absolute Gasteiger partial charge is 0.416 e. The van der Waals surface area contributed by atoms with Crippen molar-refractivity contribution in [2.75, 3.05) is 0 Å². The number of hydrogen-bond donors (Lipinski definition) is 1. The summed E-state index contributed by atoms with van der Waals surface area (Å²) in [6.45, 7) is 3.39. The molecule has 4 nitrogen and oxygen atoms in total. The number of carboxylic acid groups (broad SMARTS) is 1. The molecule has 2 aromatic rings. The van der Waals surface area contributed by atoms with Crippen molar-refractivity contribution in [2.45, 2.75) is 20.0 Å². The second-order valence-corrected chi connectivity index (χ2v) is 4.77. The van der Waals surface area contributed by atoms with Gasteiger partial charge in [-0.05, 0) is 37.6 Å². The summed E-state index contributed by atoms with van der Waals surface area (Å²) in [4.78, 5) is 11.1. The fourth-order valence-corrected chi connectivity index (χ4v) is 2.25. The number of carboxylic acids is 1. The van der Waals surface area contributed by atoms with E-state index in [2.05, 4.69) is 5.10 Å². The molecule has 112 valence electrons. The maximum Gasteiger partial charge on any atom is 0.416 e. The highest BCUT2D eigenvalue weighted by molar-refractivity contribution is 5.90. The minimum Gasteiger partial charge on any atom is -0.478 e. The number of alkyl halides is 3. The van der Waals surface area contributed by atoms with Gasteiger partial charge in [-0.1, -0.05) is 0 Å². The Morgan fingerprint density at radius 3 is 2.29 bits per heavy atom. The number of carbonyl (C=O) groups is 1. The van der Waals surface area contributed by atoms with Gasteiger partial charge in [0.05, 0.1) is 16.8 Å². The maximum atomic E-state index is 12.9. The minimum atomic E-state index is -4.61. The molecule has 0 fully saturated rings. The number of halogens is 3. The van der Waals surface area contributed by atoms with Crippen molar-refractivity contribution < 1.29 is 23.1 Å². The van der Waals surface area contributed by atoms with E-state index in [1.807, 2.05) is 0 Å². The van der Waals surface area contributed by atoms with Crippen molar-refractivity contribution in [1.82, 2.24) is 9.78 Å². The Hall–Kier alpha value is -2.31. The Balaban J connectivity index is 2.74. The third-order valence-electron chi connectivity index (χ3n) is 3.30. The van der Waals surface area contributed by atoms with Crippen molar-refractivity contribution in [1.29, 1.82) is 0 Å². The van der Waals surface area contributed by atoms with Crippen molar-refractivity contribution in [3.8, 4) is 11.1 Å². The van der Waals surface area contributed by atoms with Gasteiger partial charge in [-0.15, -0.1) is 0 Å². The molecule has 0 aliphatic rings. The van der Waals surface area contributed by atoms with E-state index in [9.17, 15) is 18.0 Å². The summed E-state index contributed by atoms with van der Waals surface area (Å²) in [5.41, 5.74) is 0.549. The molecular weight excluding hydrogens is 285 g/mol. The highest BCUT2D eigenvalue weighted by Gasteiger charge is 2.32. The van der Waals surface area contributed by atoms with E-state index in [1.165, 1.54) is 6.07 Å². The fourth-order valence-electron chi connectivity index (χ4n) is 2.25. The minimum absolute atomic E-state index is 0.199. The highest BCUT2D eigenvalue weighted by Crippen LogP contribution is 2.35. The van der Waals surface area contributed by atoms with E-state index in [4.69, 9.17) is 5.11 Å². The van der Waals surface area contributed by atoms with Gasteiger partial charge in [0, 0.05) is 18.3 Å². The largest absolute Gasteiger partial charge is 0.478 e. The summed E-state index contributed by atoms with van der Waals surface area (Å²) < 4.78 is 40.3. The van der Waals surface area contributed by atoms with Crippen LogP contribution in [0.1, 0.15) is 27.3 Å². The van der Waals surface area contributed by atoms with E-state index in [1.54, 1.807) is 25.6 Å². The third kappa shape index (κ3) is 2.76. The van der Waals surface area contributed by atoms with Crippen LogP contribution in [0.25, 0.3) is 11.1 Å². The molecule has 0 spiro atoms. The van der Waals surface area contributed by atoms with Gasteiger partial charge >= 0.3 is 12.1 Å². The van der Waals surface area contributed by atoms with E-state index in [0.29, 0.717) is 23.0 Å². The van der Waals surface area contributed by atoms with Crippen LogP contribution < -0.4 is 0 Å². The molecule has 7 heteroatoms. The van der Waals surface area contributed by atoms with Crippen LogP contribution in [-0.2, 0) is 13.2 Å². The van der Waals surface area contributed by atoms with Gasteiger partial charge in [0.2, 0.25) is 0 Å². The molecule has 1 aromatic carbocycles. The molecule has 1 aromatic heterocycles. The number of aromatic carboxylic acids is 1. The first-order chi connectivity index (χ1) is 9.61. The molecule has 0 aliphatic carbocycles. The topological polar surface area (TPSA) is 55.1 Å². The number of aromatic nitrogens is 2. The van der Waals surface area contributed by atoms with E-state index < -0.39 is 23.3 Å². The van der Waals surface area contributed by atoms with Gasteiger partial charge in [0.15, 0.2) is 0 Å². The van der Waals surface area contributed by atoms with Crippen LogP contribution in [0.3, 0.4) is 0 Å². The molecule has 0 bridgehead atoms. The predicted molar refractivity (Wildman–Crippen MR) is 70.1 cm³/mol. The van der Waals surface area contributed by atoms with E-state index >= 15 is 0 Å². The van der Waals surface area contributed by atoms with E-state index in [0.717, 1.165) is 6.07 Å². The Morgan fingerprint density at radius 1 is 1.24 bits per heavy atom. The zero-order chi connectivity index (χ0) is 15.9. The third-order valence-corrected chi connectivity index (χ3v) is 3.30. The molecule has 0 radical (unpaired) electrons. The number of hydrogen-bond acceptors (Lipinski definition) is 2. The number of rotatable bonds is 2. The van der Waals surface area contributed by atoms with Crippen molar-refractivity contribution >= 4 is 5.97 Å². The summed E-state index contributed by atoms with van der Waals surface area (Å²) in [6, 6.07) is 2.81. The van der Waals surface area contributed by atoms with Gasteiger partial charge in [-0.2, -0.15) is 18.3 Å². The SMILES string of the molecule is Cc1nn(C)c(C)c1-c1cc(C(=O)O)cc(C(F)(F)F)c1. The second-order valence-electron chi connectivity index (χ2n) is 4.77. The first-order valence-electron chi connectivity index (χ1n) is 6.07. The Bertz CT molecular complexity index is 718. The zero-order valence-corrected chi connectivity index (χ0v) is 11.6. The molecule has 0 atom stereocenters. The lowest BCUT2D eigenvalue weighted by Crippen LogP contribution is -2.08. The average Bonchev–Trinajstić information content (AvgIpc) is 2.61. The lowest BCUT2D eigenvalue weighted by Gasteiger charge is -2.11. The maximum absolute atomic E-state index is 12.9. The summed E-state index contributed by atoms with van der Waals surface area (Å²) in [5.74, 6) is -1.40. The Labute approximate surface area is 118 Å². The van der Waals surface area contributed by atoms with Crippen LogP contribution in [0.2, 0.25) is 0 Å². The standard InChI is InChI=1S/C14H13F3N2O2/c1-7-12(8(2)19(3)18-7)9-4-10(13(20)21)6-11(5-9)14(15,16)17/h4-6H,1-3H3,(H,20,21). The molecule has 0 unspecified atom stereocenters. The molecule has 1 N–H and O–H groups in total. The first kappa shape index (κ1) is 15.1. The normalized spacial score (nSPS) is 11.7. The lowest BCUT2D eigenvalue weighted by atomic mass is 9.98. The lowest BCUT2D eigenvalue weighted by molar-refractivity contribution is -0.137. The van der Waals surface area contributed by atoms with Crippen LogP contribution in [0.15, 0.2) is 18.2 Å². The quantitative estimate of drug-likeness (QED) is 0.924. The van der Waals surface area contributed by atoms with Crippen LogP contribution in [0, 0.1) is 13.8 Å². The molecule has 2 rings (SSSR count). The molecule has 0 aliphatic heterocycles. The average molecular weight is 298 g/mol. The van der Waals surface area contributed by atoms with Crippen LogP contribution in [0.4, 0.5) is 13.2 Å². The van der Waals surface area contributed by atoms with Crippen molar-refractivity contribution in [3.05, 3.63) is 40.7 Å². The zero-order valence-electron chi connectivity index (χ0n) is 11.6. The Morgan fingerprint density at radius 2 is 1.86 bits per heavy atom. The van der Waals surface area contributed by atoms with Crippen LogP contribution in [-0.4, -0.2) is 20.9 Å². The second kappa shape index (κ2) is 4.91. The van der Waals surface area contributed by atoms with Gasteiger partial charge < -0.3 is 5.11 Å². The van der Waals surface area contributed by atoms with E-state index in [-0.39, 0.29) is 5.56 Å². The summed E-state index contributed by atoms with van der Waals surface area (Å²) in [6.07, 6.45) is -4.61. The highest BCUT2D eigenvalue weighted by atomic mass is 19.4. The number of nitrogens with zero attached hydrogens (tertiary/aromatic N) is 2. The molecule has 1 heterocycles. The monoisotopic (exact) mass is 298 g/mol. The summed E-state index contributed by atoms with van der Waals surface area (Å²) in [7, 11) is 1.68. The van der Waals surface area contributed by atoms with Gasteiger partial charge in [-0.3, -0.25) is 4.68 Å². The van der Waals surface area contributed by atoms with Crippen molar-refractivity contribution in [3.63, 3.8) is 0 Å². The van der Waals surface area contributed by atoms with Gasteiger partial charge in [-0.25, -0.2) is 4.79 Å². The summed E-state index contributed by atoms with van der Waals surface area (Å²) >= 11 is 0. The Kier molecular flexibility index (Phi) is 3.52. The molecular formula is C14H13F3N2O2. The van der Waals surface area contributed by atoms with Gasteiger partial charge in [0.1, 0.15) is 0 Å². The first-order valence-corrected chi connectivity index (χ1v) is 6.07. The fraction of sp³-hybridized carbons (Fsp3) is 0.286. The van der Waals surface area contributed by atoms with Crippen LogP contribution >= 0.6 is 0 Å². The molecule has 0 amide bonds. The molecule has 21 heavy (non-hydrogen) atoms. The van der Waals surface area contributed by atoms with Gasteiger partial charge in [0.25, 0.3) is 0 Å². The molecule has 0 saturated carbocycles. The number of aryl methyl sites for hydroxylation is 2.